The molecular weight excluding hydrogens is 454 g/mol. The fraction of sp³-hybridized carbons (Fsp3) is 0.259. The van der Waals surface area contributed by atoms with Crippen LogP contribution in [0.25, 0.3) is 10.9 Å². The number of benzene rings is 3. The fourth-order valence-electron chi connectivity index (χ4n) is 5.17. The third-order valence-electron chi connectivity index (χ3n) is 6.83. The second kappa shape index (κ2) is 8.96. The van der Waals surface area contributed by atoms with Gasteiger partial charge in [-0.2, -0.15) is 4.31 Å². The average Bonchev–Trinajstić information content (AvgIpc) is 3.10. The first-order valence-electron chi connectivity index (χ1n) is 11.4. The maximum atomic E-state index is 14.2. The van der Waals surface area contributed by atoms with E-state index in [0.717, 1.165) is 22.2 Å². The standard InChI is InChI=1S/C27H26F2N2O2S/c1-19-27(21-13-15-30(16-14-21)34(32,33)26-12-5-3-10-24(26)29)23-9-2-4-11-25(23)31(19)18-20-7-6-8-22(28)17-20/h2-12,17,21H,13-16,18H2,1H3. The number of fused-ring (bicyclic) bond motifs is 1. The molecule has 5 rings (SSSR count). The van der Waals surface area contributed by atoms with Crippen LogP contribution in [0.2, 0.25) is 0 Å². The number of aromatic nitrogens is 1. The second-order valence-corrected chi connectivity index (χ2v) is 10.7. The van der Waals surface area contributed by atoms with Gasteiger partial charge in [0, 0.05) is 36.2 Å². The molecule has 0 saturated carbocycles. The zero-order chi connectivity index (χ0) is 23.9. The van der Waals surface area contributed by atoms with Crippen LogP contribution in [0, 0.1) is 18.6 Å². The van der Waals surface area contributed by atoms with Crippen molar-refractivity contribution in [3.8, 4) is 0 Å². The number of piperidine rings is 1. The molecule has 0 N–H and O–H groups in total. The Balaban J connectivity index is 1.44. The second-order valence-electron chi connectivity index (χ2n) is 8.84. The van der Waals surface area contributed by atoms with Crippen LogP contribution in [0.15, 0.2) is 77.7 Å². The van der Waals surface area contributed by atoms with Crippen LogP contribution < -0.4 is 0 Å². The van der Waals surface area contributed by atoms with Gasteiger partial charge in [-0.05, 0) is 67.1 Å². The Labute approximate surface area is 198 Å². The fourth-order valence-corrected chi connectivity index (χ4v) is 6.71. The lowest BCUT2D eigenvalue weighted by Crippen LogP contribution is -2.38. The lowest BCUT2D eigenvalue weighted by molar-refractivity contribution is 0.318. The van der Waals surface area contributed by atoms with Gasteiger partial charge in [-0.3, -0.25) is 0 Å². The van der Waals surface area contributed by atoms with Crippen molar-refractivity contribution in [3.63, 3.8) is 0 Å². The zero-order valence-electron chi connectivity index (χ0n) is 18.9. The van der Waals surface area contributed by atoms with E-state index in [1.54, 1.807) is 18.2 Å². The van der Waals surface area contributed by atoms with Crippen LogP contribution in [0.4, 0.5) is 8.78 Å². The molecule has 0 aliphatic carbocycles. The Bertz CT molecular complexity index is 1450. The van der Waals surface area contributed by atoms with E-state index in [4.69, 9.17) is 0 Å². The molecule has 3 aromatic carbocycles. The molecule has 0 spiro atoms. The molecule has 34 heavy (non-hydrogen) atoms. The van der Waals surface area contributed by atoms with E-state index >= 15 is 0 Å². The van der Waals surface area contributed by atoms with Gasteiger partial charge in [-0.1, -0.05) is 42.5 Å². The third-order valence-corrected chi connectivity index (χ3v) is 8.76. The first kappa shape index (κ1) is 22.7. The molecule has 0 amide bonds. The van der Waals surface area contributed by atoms with Crippen LogP contribution in [-0.4, -0.2) is 30.4 Å². The molecule has 0 bridgehead atoms. The quantitative estimate of drug-likeness (QED) is 0.360. The number of sulfonamides is 1. The van der Waals surface area contributed by atoms with Crippen LogP contribution in [-0.2, 0) is 16.6 Å². The monoisotopic (exact) mass is 480 g/mol. The van der Waals surface area contributed by atoms with Crippen LogP contribution in [0.5, 0.6) is 0 Å². The number of halogens is 2. The Morgan fingerprint density at radius 2 is 1.62 bits per heavy atom. The Morgan fingerprint density at radius 1 is 0.912 bits per heavy atom. The van der Waals surface area contributed by atoms with Gasteiger partial charge in [0.05, 0.1) is 0 Å². The molecule has 7 heteroatoms. The van der Waals surface area contributed by atoms with Crippen molar-refractivity contribution < 1.29 is 17.2 Å². The molecule has 4 nitrogen and oxygen atoms in total. The van der Waals surface area contributed by atoms with Crippen LogP contribution >= 0.6 is 0 Å². The van der Waals surface area contributed by atoms with Gasteiger partial charge in [0.25, 0.3) is 0 Å². The van der Waals surface area contributed by atoms with Crippen molar-refractivity contribution >= 4 is 20.9 Å². The summed E-state index contributed by atoms with van der Waals surface area (Å²) in [6, 6.07) is 20.3. The molecule has 1 aromatic heterocycles. The van der Waals surface area contributed by atoms with Crippen molar-refractivity contribution in [2.75, 3.05) is 13.1 Å². The number of para-hydroxylation sites is 1. The highest BCUT2D eigenvalue weighted by Gasteiger charge is 2.33. The average molecular weight is 481 g/mol. The maximum Gasteiger partial charge on any atom is 0.245 e. The molecule has 176 valence electrons. The molecule has 1 aliphatic heterocycles. The first-order chi connectivity index (χ1) is 16.4. The molecule has 4 aromatic rings. The van der Waals surface area contributed by atoms with Gasteiger partial charge in [-0.25, -0.2) is 17.2 Å². The highest BCUT2D eigenvalue weighted by atomic mass is 32.2. The Hall–Kier alpha value is -3.03. The van der Waals surface area contributed by atoms with Crippen molar-refractivity contribution in [2.45, 2.75) is 37.1 Å². The predicted octanol–water partition coefficient (Wildman–Crippen LogP) is 5.84. The minimum Gasteiger partial charge on any atom is -0.340 e. The zero-order valence-corrected chi connectivity index (χ0v) is 19.7. The minimum absolute atomic E-state index is 0.186. The SMILES string of the molecule is Cc1c(C2CCN(S(=O)(=O)c3ccccc3F)CC2)c2ccccc2n1Cc1cccc(F)c1. The van der Waals surface area contributed by atoms with Crippen molar-refractivity contribution in [1.29, 1.82) is 0 Å². The largest absolute Gasteiger partial charge is 0.340 e. The minimum atomic E-state index is -3.87. The highest BCUT2D eigenvalue weighted by Crippen LogP contribution is 2.38. The Kier molecular flexibility index (Phi) is 6.00. The van der Waals surface area contributed by atoms with Gasteiger partial charge in [0.15, 0.2) is 0 Å². The lowest BCUT2D eigenvalue weighted by atomic mass is 9.88. The molecular formula is C27H26F2N2O2S. The number of hydrogen-bond donors (Lipinski definition) is 0. The van der Waals surface area contributed by atoms with E-state index in [1.165, 1.54) is 34.1 Å². The normalized spacial score (nSPS) is 15.7. The van der Waals surface area contributed by atoms with Gasteiger partial charge in [0.2, 0.25) is 10.0 Å². The van der Waals surface area contributed by atoms with E-state index in [0.29, 0.717) is 32.5 Å². The molecule has 1 aliphatic rings. The number of hydrogen-bond acceptors (Lipinski definition) is 2. The number of rotatable bonds is 5. The summed E-state index contributed by atoms with van der Waals surface area (Å²) in [5, 5.41) is 1.15. The molecule has 0 atom stereocenters. The first-order valence-corrected chi connectivity index (χ1v) is 12.9. The molecule has 1 fully saturated rings. The topological polar surface area (TPSA) is 42.3 Å². The molecule has 2 heterocycles. The van der Waals surface area contributed by atoms with Crippen LogP contribution in [0.1, 0.15) is 35.6 Å². The summed E-state index contributed by atoms with van der Waals surface area (Å²) in [6.45, 7) is 3.32. The van der Waals surface area contributed by atoms with Gasteiger partial charge >= 0.3 is 0 Å². The van der Waals surface area contributed by atoms with E-state index in [2.05, 4.69) is 23.6 Å². The van der Waals surface area contributed by atoms with Crippen molar-refractivity contribution in [1.82, 2.24) is 8.87 Å². The summed E-state index contributed by atoms with van der Waals surface area (Å²) in [5.41, 5.74) is 4.30. The highest BCUT2D eigenvalue weighted by molar-refractivity contribution is 7.89. The van der Waals surface area contributed by atoms with E-state index in [-0.39, 0.29) is 16.6 Å². The van der Waals surface area contributed by atoms with Gasteiger partial charge in [-0.15, -0.1) is 0 Å². The van der Waals surface area contributed by atoms with Gasteiger partial charge in [0.1, 0.15) is 16.5 Å². The van der Waals surface area contributed by atoms with Crippen molar-refractivity contribution in [3.05, 3.63) is 101 Å². The van der Waals surface area contributed by atoms with Gasteiger partial charge < -0.3 is 4.57 Å². The molecule has 0 unspecified atom stereocenters. The summed E-state index contributed by atoms with van der Waals surface area (Å²) in [6.07, 6.45) is 1.31. The Morgan fingerprint density at radius 3 is 2.35 bits per heavy atom. The summed E-state index contributed by atoms with van der Waals surface area (Å²) < 4.78 is 57.6. The summed E-state index contributed by atoms with van der Waals surface area (Å²) >= 11 is 0. The van der Waals surface area contributed by atoms with Crippen LogP contribution in [0.3, 0.4) is 0 Å². The van der Waals surface area contributed by atoms with Crippen molar-refractivity contribution in [2.24, 2.45) is 0 Å². The third kappa shape index (κ3) is 4.03. The molecule has 1 saturated heterocycles. The van der Waals surface area contributed by atoms with E-state index in [9.17, 15) is 17.2 Å². The maximum absolute atomic E-state index is 14.2. The summed E-state index contributed by atoms with van der Waals surface area (Å²) in [4.78, 5) is -0.267. The van der Waals surface area contributed by atoms with E-state index in [1.807, 2.05) is 18.2 Å². The number of nitrogens with zero attached hydrogens (tertiary/aromatic N) is 2. The predicted molar refractivity (Wildman–Crippen MR) is 129 cm³/mol. The summed E-state index contributed by atoms with van der Waals surface area (Å²) in [7, 11) is -3.87. The van der Waals surface area contributed by atoms with E-state index < -0.39 is 15.8 Å². The summed E-state index contributed by atoms with van der Waals surface area (Å²) in [5.74, 6) is -0.790. The smallest absolute Gasteiger partial charge is 0.245 e. The lowest BCUT2D eigenvalue weighted by Gasteiger charge is -2.31. The molecule has 0 radical (unpaired) electrons.